The third-order valence-electron chi connectivity index (χ3n) is 3.92. The number of hydrogen-bond donors (Lipinski definition) is 2. The molecule has 25 heavy (non-hydrogen) atoms. The Balaban J connectivity index is 2.29. The second kappa shape index (κ2) is 7.37. The molecule has 1 heterocycles. The summed E-state index contributed by atoms with van der Waals surface area (Å²) in [5, 5.41) is 5.79. The number of carbonyl (C=O) groups excluding carboxylic acids is 2. The number of carbonyl (C=O) groups is 2. The van der Waals surface area contributed by atoms with Crippen LogP contribution in [0, 0.1) is 13.8 Å². The van der Waals surface area contributed by atoms with Crippen molar-refractivity contribution in [3.8, 4) is 0 Å². The Morgan fingerprint density at radius 1 is 1.08 bits per heavy atom. The van der Waals surface area contributed by atoms with E-state index in [0.29, 0.717) is 16.1 Å². The maximum atomic E-state index is 12.4. The molecule has 0 saturated carbocycles. The Kier molecular flexibility index (Phi) is 5.64. The zero-order chi connectivity index (χ0) is 18.8. The number of thiophene rings is 1. The average molecular weight is 380 g/mol. The summed E-state index contributed by atoms with van der Waals surface area (Å²) < 4.78 is 23.6. The first-order chi connectivity index (χ1) is 11.7. The molecule has 0 saturated heterocycles. The van der Waals surface area contributed by atoms with E-state index in [0.717, 1.165) is 10.4 Å². The molecule has 1 aromatic heterocycles. The predicted octanol–water partition coefficient (Wildman–Crippen LogP) is 2.77. The van der Waals surface area contributed by atoms with Crippen LogP contribution in [0.5, 0.6) is 0 Å². The van der Waals surface area contributed by atoms with Gasteiger partial charge in [-0.05, 0) is 43.7 Å². The number of amides is 2. The fraction of sp³-hybridized carbons (Fsp3) is 0.294. The van der Waals surface area contributed by atoms with Gasteiger partial charge in [-0.25, -0.2) is 8.42 Å². The first-order valence-electron chi connectivity index (χ1n) is 7.67. The van der Waals surface area contributed by atoms with Gasteiger partial charge in [0.25, 0.3) is 11.8 Å². The van der Waals surface area contributed by atoms with E-state index in [9.17, 15) is 18.0 Å². The van der Waals surface area contributed by atoms with Crippen molar-refractivity contribution in [3.63, 3.8) is 0 Å². The lowest BCUT2D eigenvalue weighted by molar-refractivity contribution is 0.0963. The first kappa shape index (κ1) is 19.1. The highest BCUT2D eigenvalue weighted by atomic mass is 32.2. The predicted molar refractivity (Wildman–Crippen MR) is 99.3 cm³/mol. The van der Waals surface area contributed by atoms with E-state index in [2.05, 4.69) is 10.6 Å². The van der Waals surface area contributed by atoms with Crippen molar-refractivity contribution in [2.45, 2.75) is 25.7 Å². The van der Waals surface area contributed by atoms with Crippen LogP contribution < -0.4 is 10.6 Å². The van der Waals surface area contributed by atoms with Gasteiger partial charge in [0.2, 0.25) is 0 Å². The molecule has 0 aliphatic rings. The molecule has 0 radical (unpaired) electrons. The molecular weight excluding hydrogens is 360 g/mol. The number of aryl methyl sites for hydroxylation is 1. The van der Waals surface area contributed by atoms with E-state index < -0.39 is 15.7 Å². The summed E-state index contributed by atoms with van der Waals surface area (Å²) in [6.07, 6.45) is 0. The number of sulfone groups is 1. The number of rotatable bonds is 5. The van der Waals surface area contributed by atoms with E-state index in [1.165, 1.54) is 42.6 Å². The van der Waals surface area contributed by atoms with Gasteiger partial charge in [0.1, 0.15) is 5.00 Å². The van der Waals surface area contributed by atoms with E-state index in [1.54, 1.807) is 6.92 Å². The summed E-state index contributed by atoms with van der Waals surface area (Å²) in [5.74, 6) is -0.657. The molecule has 1 aromatic carbocycles. The molecule has 0 bridgehead atoms. The Hall–Kier alpha value is -2.19. The Labute approximate surface area is 151 Å². The van der Waals surface area contributed by atoms with Gasteiger partial charge in [0, 0.05) is 17.5 Å². The normalized spacial score (nSPS) is 11.2. The Bertz CT molecular complexity index is 913. The third-order valence-corrected chi connectivity index (χ3v) is 6.80. The van der Waals surface area contributed by atoms with Crippen LogP contribution >= 0.6 is 11.3 Å². The standard InChI is InChI=1S/C17H20N2O4S2/c1-5-25(22,23)13-8-6-12(7-9-13)15(20)19-17-14(16(21)18-4)10(2)11(3)24-17/h6-9H,5H2,1-4H3,(H,18,21)(H,19,20). The Morgan fingerprint density at radius 3 is 2.20 bits per heavy atom. The zero-order valence-electron chi connectivity index (χ0n) is 14.5. The van der Waals surface area contributed by atoms with Gasteiger partial charge >= 0.3 is 0 Å². The summed E-state index contributed by atoms with van der Waals surface area (Å²) in [4.78, 5) is 25.6. The molecule has 2 rings (SSSR count). The molecule has 134 valence electrons. The molecular formula is C17H20N2O4S2. The van der Waals surface area contributed by atoms with Crippen LogP contribution in [-0.4, -0.2) is 33.0 Å². The fourth-order valence-corrected chi connectivity index (χ4v) is 4.21. The molecule has 0 fully saturated rings. The minimum Gasteiger partial charge on any atom is -0.355 e. The van der Waals surface area contributed by atoms with Crippen LogP contribution in [0.1, 0.15) is 38.1 Å². The lowest BCUT2D eigenvalue weighted by Gasteiger charge is -2.07. The minimum atomic E-state index is -3.31. The fourth-order valence-electron chi connectivity index (χ4n) is 2.27. The number of benzene rings is 1. The maximum absolute atomic E-state index is 12.4. The zero-order valence-corrected chi connectivity index (χ0v) is 16.1. The SMILES string of the molecule is CCS(=O)(=O)c1ccc(C(=O)Nc2sc(C)c(C)c2C(=O)NC)cc1. The largest absolute Gasteiger partial charge is 0.355 e. The minimum absolute atomic E-state index is 0.00177. The second-order valence-electron chi connectivity index (χ2n) is 5.45. The molecule has 2 N–H and O–H groups in total. The summed E-state index contributed by atoms with van der Waals surface area (Å²) >= 11 is 1.33. The molecule has 2 aromatic rings. The first-order valence-corrected chi connectivity index (χ1v) is 10.1. The highest BCUT2D eigenvalue weighted by Crippen LogP contribution is 2.32. The highest BCUT2D eigenvalue weighted by Gasteiger charge is 2.21. The van der Waals surface area contributed by atoms with Crippen LogP contribution in [0.25, 0.3) is 0 Å². The number of anilines is 1. The van der Waals surface area contributed by atoms with Gasteiger partial charge < -0.3 is 10.6 Å². The highest BCUT2D eigenvalue weighted by molar-refractivity contribution is 7.91. The summed E-state index contributed by atoms with van der Waals surface area (Å²) in [5.41, 5.74) is 1.59. The molecule has 0 aliphatic heterocycles. The molecule has 2 amide bonds. The summed E-state index contributed by atoms with van der Waals surface area (Å²) in [6.45, 7) is 5.28. The lowest BCUT2D eigenvalue weighted by Crippen LogP contribution is -2.21. The van der Waals surface area contributed by atoms with Crippen molar-refractivity contribution in [3.05, 3.63) is 45.8 Å². The molecule has 0 aliphatic carbocycles. The van der Waals surface area contributed by atoms with Crippen LogP contribution in [0.15, 0.2) is 29.2 Å². The van der Waals surface area contributed by atoms with E-state index in [-0.39, 0.29) is 16.6 Å². The van der Waals surface area contributed by atoms with Crippen molar-refractivity contribution in [2.24, 2.45) is 0 Å². The third kappa shape index (κ3) is 3.91. The Morgan fingerprint density at radius 2 is 1.68 bits per heavy atom. The van der Waals surface area contributed by atoms with Crippen LogP contribution in [0.2, 0.25) is 0 Å². The van der Waals surface area contributed by atoms with Gasteiger partial charge in [-0.2, -0.15) is 0 Å². The topological polar surface area (TPSA) is 92.3 Å². The molecule has 8 heteroatoms. The lowest BCUT2D eigenvalue weighted by atomic mass is 10.1. The van der Waals surface area contributed by atoms with Crippen LogP contribution in [0.3, 0.4) is 0 Å². The van der Waals surface area contributed by atoms with Crippen molar-refractivity contribution >= 4 is 38.0 Å². The summed E-state index contributed by atoms with van der Waals surface area (Å²) in [7, 11) is -1.77. The summed E-state index contributed by atoms with van der Waals surface area (Å²) in [6, 6.07) is 5.76. The smallest absolute Gasteiger partial charge is 0.256 e. The second-order valence-corrected chi connectivity index (χ2v) is 8.95. The van der Waals surface area contributed by atoms with Gasteiger partial charge in [-0.1, -0.05) is 6.92 Å². The van der Waals surface area contributed by atoms with Gasteiger partial charge in [-0.3, -0.25) is 9.59 Å². The van der Waals surface area contributed by atoms with E-state index in [1.807, 2.05) is 13.8 Å². The van der Waals surface area contributed by atoms with Gasteiger partial charge in [0.15, 0.2) is 9.84 Å². The van der Waals surface area contributed by atoms with Gasteiger partial charge in [0.05, 0.1) is 16.2 Å². The quantitative estimate of drug-likeness (QED) is 0.834. The van der Waals surface area contributed by atoms with Crippen molar-refractivity contribution in [1.82, 2.24) is 5.32 Å². The van der Waals surface area contributed by atoms with Crippen LogP contribution in [0.4, 0.5) is 5.00 Å². The van der Waals surface area contributed by atoms with Gasteiger partial charge in [-0.15, -0.1) is 11.3 Å². The van der Waals surface area contributed by atoms with E-state index in [4.69, 9.17) is 0 Å². The van der Waals surface area contributed by atoms with Crippen molar-refractivity contribution < 1.29 is 18.0 Å². The maximum Gasteiger partial charge on any atom is 0.256 e. The number of hydrogen-bond acceptors (Lipinski definition) is 5. The molecule has 0 atom stereocenters. The van der Waals surface area contributed by atoms with Crippen LogP contribution in [-0.2, 0) is 9.84 Å². The molecule has 0 spiro atoms. The van der Waals surface area contributed by atoms with E-state index >= 15 is 0 Å². The number of nitrogens with one attached hydrogen (secondary N) is 2. The molecule has 6 nitrogen and oxygen atoms in total. The average Bonchev–Trinajstić information content (AvgIpc) is 2.88. The monoisotopic (exact) mass is 380 g/mol. The van der Waals surface area contributed by atoms with Crippen molar-refractivity contribution in [1.29, 1.82) is 0 Å². The molecule has 0 unspecified atom stereocenters. The van der Waals surface area contributed by atoms with Crippen molar-refractivity contribution in [2.75, 3.05) is 18.1 Å².